The average Bonchev–Trinajstić information content (AvgIpc) is 2.82. The highest BCUT2D eigenvalue weighted by atomic mass is 16.4. The summed E-state index contributed by atoms with van der Waals surface area (Å²) in [5.74, 6) is -0.680. The van der Waals surface area contributed by atoms with Crippen LogP contribution in [0.15, 0.2) is 12.4 Å². The van der Waals surface area contributed by atoms with Gasteiger partial charge in [0.15, 0.2) is 0 Å². The minimum Gasteiger partial charge on any atom is -0.481 e. The molecule has 1 aliphatic carbocycles. The molecule has 0 atom stereocenters. The van der Waals surface area contributed by atoms with Crippen LogP contribution in [0, 0.1) is 0 Å². The Balaban J connectivity index is 1.98. The van der Waals surface area contributed by atoms with E-state index in [2.05, 4.69) is 17.0 Å². The van der Waals surface area contributed by atoms with Crippen LogP contribution >= 0.6 is 0 Å². The molecule has 0 amide bonds. The van der Waals surface area contributed by atoms with E-state index in [9.17, 15) is 9.90 Å². The van der Waals surface area contributed by atoms with Crippen molar-refractivity contribution in [3.8, 4) is 0 Å². The van der Waals surface area contributed by atoms with E-state index in [-0.39, 0.29) is 12.0 Å². The van der Waals surface area contributed by atoms with Crippen molar-refractivity contribution in [2.45, 2.75) is 50.5 Å². The van der Waals surface area contributed by atoms with Gasteiger partial charge in [0.25, 0.3) is 0 Å². The van der Waals surface area contributed by atoms with Gasteiger partial charge in [-0.3, -0.25) is 14.4 Å². The lowest BCUT2D eigenvalue weighted by Crippen LogP contribution is -2.50. The third-order valence-corrected chi connectivity index (χ3v) is 4.57. The molecule has 1 aromatic heterocycles. The minimum absolute atomic E-state index is 0.147. The van der Waals surface area contributed by atoms with Gasteiger partial charge in [-0.1, -0.05) is 19.3 Å². The Morgan fingerprint density at radius 1 is 1.45 bits per heavy atom. The Morgan fingerprint density at radius 3 is 2.70 bits per heavy atom. The number of hydrogen-bond donors (Lipinski definition) is 1. The number of hydrogen-bond acceptors (Lipinski definition) is 3. The van der Waals surface area contributed by atoms with E-state index < -0.39 is 5.97 Å². The first-order valence-electron chi connectivity index (χ1n) is 7.42. The normalized spacial score (nSPS) is 18.4. The summed E-state index contributed by atoms with van der Waals surface area (Å²) in [6.45, 7) is 0.888. The van der Waals surface area contributed by atoms with E-state index >= 15 is 0 Å². The fraction of sp³-hybridized carbons (Fsp3) is 0.733. The predicted molar refractivity (Wildman–Crippen MR) is 77.6 cm³/mol. The monoisotopic (exact) mass is 279 g/mol. The van der Waals surface area contributed by atoms with Crippen molar-refractivity contribution in [1.29, 1.82) is 0 Å². The summed E-state index contributed by atoms with van der Waals surface area (Å²) in [6, 6.07) is 0. The Morgan fingerprint density at radius 2 is 2.15 bits per heavy atom. The zero-order valence-corrected chi connectivity index (χ0v) is 12.5. The lowest BCUT2D eigenvalue weighted by Gasteiger charge is -2.44. The molecule has 1 saturated carbocycles. The van der Waals surface area contributed by atoms with Gasteiger partial charge in [-0.25, -0.2) is 0 Å². The summed E-state index contributed by atoms with van der Waals surface area (Å²) in [5, 5.41) is 13.4. The molecular weight excluding hydrogens is 254 g/mol. The molecule has 2 rings (SSSR count). The van der Waals surface area contributed by atoms with Crippen LogP contribution < -0.4 is 0 Å². The van der Waals surface area contributed by atoms with Crippen molar-refractivity contribution in [2.75, 3.05) is 13.6 Å². The molecule has 112 valence electrons. The highest BCUT2D eigenvalue weighted by molar-refractivity contribution is 5.68. The standard InChI is InChI=1S/C15H25N3O2/c1-17(9-6-13-11-16-18(2)12-13)15(10-14(19)20)7-4-3-5-8-15/h11-12H,3-10H2,1-2H3,(H,19,20). The van der Waals surface area contributed by atoms with Crippen molar-refractivity contribution < 1.29 is 9.90 Å². The molecule has 0 radical (unpaired) electrons. The lowest BCUT2D eigenvalue weighted by atomic mass is 9.78. The number of aromatic nitrogens is 2. The second kappa shape index (κ2) is 6.39. The summed E-state index contributed by atoms with van der Waals surface area (Å²) in [6.07, 6.45) is 10.6. The Bertz CT molecular complexity index is 450. The smallest absolute Gasteiger partial charge is 0.305 e. The number of carboxylic acid groups (broad SMARTS) is 1. The van der Waals surface area contributed by atoms with Gasteiger partial charge in [0.2, 0.25) is 0 Å². The molecule has 1 aromatic rings. The van der Waals surface area contributed by atoms with Crippen LogP contribution in [0.5, 0.6) is 0 Å². The molecule has 20 heavy (non-hydrogen) atoms. The molecule has 1 heterocycles. The first-order chi connectivity index (χ1) is 9.52. The van der Waals surface area contributed by atoms with Crippen LogP contribution in [0.4, 0.5) is 0 Å². The number of likely N-dealkylation sites (N-methyl/N-ethyl adjacent to an activating group) is 1. The van der Waals surface area contributed by atoms with E-state index in [1.165, 1.54) is 12.0 Å². The van der Waals surface area contributed by atoms with Crippen LogP contribution in [0.25, 0.3) is 0 Å². The van der Waals surface area contributed by atoms with Gasteiger partial charge >= 0.3 is 5.97 Å². The van der Waals surface area contributed by atoms with Crippen LogP contribution in [-0.4, -0.2) is 44.9 Å². The first-order valence-corrected chi connectivity index (χ1v) is 7.42. The van der Waals surface area contributed by atoms with Gasteiger partial charge in [-0.2, -0.15) is 5.10 Å². The molecule has 0 spiro atoms. The Hall–Kier alpha value is -1.36. The van der Waals surface area contributed by atoms with Gasteiger partial charge in [-0.15, -0.1) is 0 Å². The number of carboxylic acids is 1. The fourth-order valence-corrected chi connectivity index (χ4v) is 3.32. The largest absolute Gasteiger partial charge is 0.481 e. The molecule has 1 aliphatic rings. The molecule has 5 nitrogen and oxygen atoms in total. The summed E-state index contributed by atoms with van der Waals surface area (Å²) >= 11 is 0. The second-order valence-corrected chi connectivity index (χ2v) is 6.05. The maximum atomic E-state index is 11.2. The average molecular weight is 279 g/mol. The van der Waals surface area contributed by atoms with Crippen LogP contribution in [0.3, 0.4) is 0 Å². The summed E-state index contributed by atoms with van der Waals surface area (Å²) in [5.41, 5.74) is 1.06. The predicted octanol–water partition coefficient (Wildman–Crippen LogP) is 2.07. The van der Waals surface area contributed by atoms with Crippen LogP contribution in [-0.2, 0) is 18.3 Å². The molecule has 0 bridgehead atoms. The summed E-state index contributed by atoms with van der Waals surface area (Å²) in [4.78, 5) is 13.5. The van der Waals surface area contributed by atoms with Gasteiger partial charge in [0.05, 0.1) is 12.6 Å². The van der Waals surface area contributed by atoms with Crippen LogP contribution in [0.1, 0.15) is 44.1 Å². The Kier molecular flexibility index (Phi) is 4.81. The maximum absolute atomic E-state index is 11.2. The highest BCUT2D eigenvalue weighted by Crippen LogP contribution is 2.35. The molecule has 5 heteroatoms. The highest BCUT2D eigenvalue weighted by Gasteiger charge is 2.37. The number of rotatable bonds is 6. The number of aryl methyl sites for hydroxylation is 1. The van der Waals surface area contributed by atoms with Gasteiger partial charge in [0.1, 0.15) is 0 Å². The fourth-order valence-electron chi connectivity index (χ4n) is 3.32. The molecule has 1 fully saturated rings. The van der Waals surface area contributed by atoms with E-state index in [1.807, 2.05) is 24.1 Å². The molecular formula is C15H25N3O2. The topological polar surface area (TPSA) is 58.4 Å². The Labute approximate surface area is 120 Å². The molecule has 0 aliphatic heterocycles. The third-order valence-electron chi connectivity index (χ3n) is 4.57. The summed E-state index contributed by atoms with van der Waals surface area (Å²) in [7, 11) is 3.99. The molecule has 0 aromatic carbocycles. The van der Waals surface area contributed by atoms with Gasteiger partial charge < -0.3 is 5.11 Å². The third kappa shape index (κ3) is 3.60. The van der Waals surface area contributed by atoms with Gasteiger partial charge in [0, 0.05) is 25.3 Å². The molecule has 0 unspecified atom stereocenters. The second-order valence-electron chi connectivity index (χ2n) is 6.05. The van der Waals surface area contributed by atoms with E-state index in [1.54, 1.807) is 0 Å². The van der Waals surface area contributed by atoms with Crippen molar-refractivity contribution in [3.63, 3.8) is 0 Å². The summed E-state index contributed by atoms with van der Waals surface area (Å²) < 4.78 is 1.81. The van der Waals surface area contributed by atoms with Crippen molar-refractivity contribution >= 4 is 5.97 Å². The van der Waals surface area contributed by atoms with Crippen LogP contribution in [0.2, 0.25) is 0 Å². The molecule has 1 N–H and O–H groups in total. The zero-order valence-electron chi connectivity index (χ0n) is 12.5. The van der Waals surface area contributed by atoms with Gasteiger partial charge in [-0.05, 0) is 31.9 Å². The first kappa shape index (κ1) is 15.0. The number of carbonyl (C=O) groups is 1. The quantitative estimate of drug-likeness (QED) is 0.866. The zero-order chi connectivity index (χ0) is 14.6. The lowest BCUT2D eigenvalue weighted by molar-refractivity contribution is -0.141. The van der Waals surface area contributed by atoms with E-state index in [4.69, 9.17) is 0 Å². The van der Waals surface area contributed by atoms with Crippen molar-refractivity contribution in [3.05, 3.63) is 18.0 Å². The molecule has 0 saturated heterocycles. The van der Waals surface area contributed by atoms with Crippen molar-refractivity contribution in [2.24, 2.45) is 7.05 Å². The minimum atomic E-state index is -0.680. The number of nitrogens with zero attached hydrogens (tertiary/aromatic N) is 3. The maximum Gasteiger partial charge on any atom is 0.305 e. The number of aliphatic carboxylic acids is 1. The van der Waals surface area contributed by atoms with E-state index in [0.29, 0.717) is 0 Å². The van der Waals surface area contributed by atoms with Crippen molar-refractivity contribution in [1.82, 2.24) is 14.7 Å². The SMILES string of the molecule is CN(CCc1cnn(C)c1)C1(CC(=O)O)CCCCC1. The van der Waals surface area contributed by atoms with E-state index in [0.717, 1.165) is 38.6 Å².